The molecule has 1 saturated heterocycles. The Bertz CT molecular complexity index is 1350. The predicted molar refractivity (Wildman–Crippen MR) is 138 cm³/mol. The molecule has 0 radical (unpaired) electrons. The number of sulfonamides is 1. The van der Waals surface area contributed by atoms with Gasteiger partial charge in [0.25, 0.3) is 0 Å². The van der Waals surface area contributed by atoms with Crippen LogP contribution in [0.5, 0.6) is 5.75 Å². The zero-order valence-corrected chi connectivity index (χ0v) is 22.1. The maximum absolute atomic E-state index is 13.1. The number of ether oxygens (including phenoxy) is 1. The summed E-state index contributed by atoms with van der Waals surface area (Å²) in [4.78, 5) is 13.1. The number of nitrogens with zero attached hydrogens (tertiary/aromatic N) is 5. The lowest BCUT2D eigenvalue weighted by Gasteiger charge is -2.33. The fourth-order valence-corrected chi connectivity index (χ4v) is 5.81. The van der Waals surface area contributed by atoms with Crippen molar-refractivity contribution < 1.29 is 26.3 Å². The topological polar surface area (TPSA) is 90.9 Å². The van der Waals surface area contributed by atoms with Gasteiger partial charge in [-0.1, -0.05) is 24.3 Å². The SMILES string of the molecule is CN(C)CCCNc1nc(CN2CCN(S(=O)(=O)c3ccccc3OC(F)(F)F)CC2)nc2ccccc12. The van der Waals surface area contributed by atoms with E-state index in [9.17, 15) is 21.6 Å². The molecule has 0 atom stereocenters. The van der Waals surface area contributed by atoms with Gasteiger partial charge in [0.05, 0.1) is 12.1 Å². The molecule has 0 saturated carbocycles. The van der Waals surface area contributed by atoms with Crippen LogP contribution in [0.3, 0.4) is 0 Å². The van der Waals surface area contributed by atoms with Crippen LogP contribution in [-0.2, 0) is 16.6 Å². The van der Waals surface area contributed by atoms with Crippen molar-refractivity contribution in [2.45, 2.75) is 24.2 Å². The molecule has 1 fully saturated rings. The third-order valence-corrected chi connectivity index (χ3v) is 8.05. The van der Waals surface area contributed by atoms with Crippen molar-refractivity contribution in [3.8, 4) is 5.75 Å². The minimum absolute atomic E-state index is 0.117. The molecule has 0 spiro atoms. The number of para-hydroxylation sites is 2. The molecule has 1 aliphatic rings. The number of nitrogens with one attached hydrogen (secondary N) is 1. The highest BCUT2D eigenvalue weighted by atomic mass is 32.2. The van der Waals surface area contributed by atoms with E-state index >= 15 is 0 Å². The minimum atomic E-state index is -5.00. The highest BCUT2D eigenvalue weighted by molar-refractivity contribution is 7.89. The van der Waals surface area contributed by atoms with E-state index in [1.807, 2.05) is 43.3 Å². The maximum atomic E-state index is 13.1. The van der Waals surface area contributed by atoms with Crippen LogP contribution in [0.1, 0.15) is 12.2 Å². The molecule has 0 bridgehead atoms. The first-order chi connectivity index (χ1) is 18.0. The highest BCUT2D eigenvalue weighted by Gasteiger charge is 2.36. The molecule has 0 aliphatic carbocycles. The number of piperazine rings is 1. The highest BCUT2D eigenvalue weighted by Crippen LogP contribution is 2.31. The molecular formula is C25H31F3N6O3S. The molecule has 2 heterocycles. The first-order valence-electron chi connectivity index (χ1n) is 12.2. The molecule has 13 heteroatoms. The Morgan fingerprint density at radius 1 is 1.00 bits per heavy atom. The van der Waals surface area contributed by atoms with Crippen LogP contribution in [-0.4, -0.2) is 92.2 Å². The summed E-state index contributed by atoms with van der Waals surface area (Å²) < 4.78 is 69.8. The number of benzene rings is 2. The number of anilines is 1. The molecule has 4 rings (SSSR count). The van der Waals surface area contributed by atoms with E-state index < -0.39 is 27.0 Å². The van der Waals surface area contributed by atoms with E-state index in [0.29, 0.717) is 25.5 Å². The monoisotopic (exact) mass is 552 g/mol. The van der Waals surface area contributed by atoms with Crippen LogP contribution >= 0.6 is 0 Å². The average Bonchev–Trinajstić information content (AvgIpc) is 2.86. The fraction of sp³-hybridized carbons (Fsp3) is 0.440. The van der Waals surface area contributed by atoms with Crippen LogP contribution in [0.15, 0.2) is 53.4 Å². The Labute approximate surface area is 220 Å². The number of halogens is 3. The van der Waals surface area contributed by atoms with Gasteiger partial charge in [-0.3, -0.25) is 4.90 Å². The molecule has 0 amide bonds. The van der Waals surface area contributed by atoms with Crippen LogP contribution in [0.4, 0.5) is 19.0 Å². The smallest absolute Gasteiger partial charge is 0.404 e. The standard InChI is InChI=1S/C25H31F3N6O3S/c1-32(2)13-7-12-29-24-19-8-3-4-9-20(19)30-23(31-24)18-33-14-16-34(17-15-33)38(35,36)22-11-6-5-10-21(22)37-25(26,27)28/h3-6,8-11H,7,12-18H2,1-2H3,(H,29,30,31). The summed E-state index contributed by atoms with van der Waals surface area (Å²) in [5.41, 5.74) is 0.815. The van der Waals surface area contributed by atoms with Crippen molar-refractivity contribution in [1.82, 2.24) is 24.1 Å². The number of rotatable bonds is 10. The fourth-order valence-electron chi connectivity index (χ4n) is 4.27. The molecule has 1 N–H and O–H groups in total. The summed E-state index contributed by atoms with van der Waals surface area (Å²) in [6.07, 6.45) is -4.04. The number of hydrogen-bond acceptors (Lipinski definition) is 8. The Balaban J connectivity index is 1.43. The first kappa shape index (κ1) is 28.0. The summed E-state index contributed by atoms with van der Waals surface area (Å²) >= 11 is 0. The van der Waals surface area contributed by atoms with E-state index in [-0.39, 0.29) is 13.1 Å². The maximum Gasteiger partial charge on any atom is 0.573 e. The zero-order chi connectivity index (χ0) is 27.3. The van der Waals surface area contributed by atoms with Gasteiger partial charge < -0.3 is 15.0 Å². The van der Waals surface area contributed by atoms with Crippen LogP contribution in [0.2, 0.25) is 0 Å². The quantitative estimate of drug-likeness (QED) is 0.383. The van der Waals surface area contributed by atoms with E-state index in [4.69, 9.17) is 9.97 Å². The van der Waals surface area contributed by atoms with E-state index in [2.05, 4.69) is 15.0 Å². The van der Waals surface area contributed by atoms with E-state index in [1.54, 1.807) is 0 Å². The van der Waals surface area contributed by atoms with Crippen molar-refractivity contribution in [1.29, 1.82) is 0 Å². The van der Waals surface area contributed by atoms with Gasteiger partial charge in [-0.15, -0.1) is 13.2 Å². The molecule has 206 valence electrons. The van der Waals surface area contributed by atoms with Gasteiger partial charge in [0.2, 0.25) is 10.0 Å². The lowest BCUT2D eigenvalue weighted by atomic mass is 10.2. The van der Waals surface area contributed by atoms with Crippen molar-refractivity contribution in [3.05, 3.63) is 54.4 Å². The van der Waals surface area contributed by atoms with Gasteiger partial charge in [0.1, 0.15) is 22.3 Å². The van der Waals surface area contributed by atoms with Crippen LogP contribution in [0, 0.1) is 0 Å². The summed E-state index contributed by atoms with van der Waals surface area (Å²) in [5, 5.41) is 4.34. The summed E-state index contributed by atoms with van der Waals surface area (Å²) in [6.45, 7) is 3.11. The molecule has 1 aliphatic heterocycles. The molecule has 9 nitrogen and oxygen atoms in total. The summed E-state index contributed by atoms with van der Waals surface area (Å²) in [7, 11) is -0.127. The third kappa shape index (κ3) is 7.10. The molecule has 2 aromatic carbocycles. The number of aromatic nitrogens is 2. The van der Waals surface area contributed by atoms with Crippen molar-refractivity contribution in [2.24, 2.45) is 0 Å². The molecule has 1 aromatic heterocycles. The van der Waals surface area contributed by atoms with Crippen LogP contribution in [0.25, 0.3) is 10.9 Å². The van der Waals surface area contributed by atoms with Gasteiger partial charge in [0.15, 0.2) is 0 Å². The number of fused-ring (bicyclic) bond motifs is 1. The molecular weight excluding hydrogens is 521 g/mol. The zero-order valence-electron chi connectivity index (χ0n) is 21.3. The second kappa shape index (κ2) is 11.8. The molecule has 0 unspecified atom stereocenters. The summed E-state index contributed by atoms with van der Waals surface area (Å²) in [6, 6.07) is 12.5. The Kier molecular flexibility index (Phi) is 8.71. The van der Waals surface area contributed by atoms with Crippen LogP contribution < -0.4 is 10.1 Å². The predicted octanol–water partition coefficient (Wildman–Crippen LogP) is 3.40. The second-order valence-corrected chi connectivity index (χ2v) is 11.2. The largest absolute Gasteiger partial charge is 0.573 e. The molecule has 3 aromatic rings. The average molecular weight is 553 g/mol. The van der Waals surface area contributed by atoms with Gasteiger partial charge in [-0.2, -0.15) is 4.31 Å². The lowest BCUT2D eigenvalue weighted by molar-refractivity contribution is -0.275. The van der Waals surface area contributed by atoms with E-state index in [1.165, 1.54) is 16.4 Å². The summed E-state index contributed by atoms with van der Waals surface area (Å²) in [5.74, 6) is 0.628. The normalized spacial score (nSPS) is 15.7. The molecule has 38 heavy (non-hydrogen) atoms. The Morgan fingerprint density at radius 2 is 1.68 bits per heavy atom. The van der Waals surface area contributed by atoms with Gasteiger partial charge in [0, 0.05) is 38.1 Å². The van der Waals surface area contributed by atoms with Crippen molar-refractivity contribution in [3.63, 3.8) is 0 Å². The first-order valence-corrected chi connectivity index (χ1v) is 13.7. The lowest BCUT2D eigenvalue weighted by Crippen LogP contribution is -2.48. The van der Waals surface area contributed by atoms with Gasteiger partial charge in [-0.05, 0) is 51.3 Å². The Hall–Kier alpha value is -3.00. The third-order valence-electron chi connectivity index (χ3n) is 6.11. The van der Waals surface area contributed by atoms with Crippen molar-refractivity contribution >= 4 is 26.7 Å². The minimum Gasteiger partial charge on any atom is -0.404 e. The van der Waals surface area contributed by atoms with Gasteiger partial charge >= 0.3 is 6.36 Å². The van der Waals surface area contributed by atoms with E-state index in [0.717, 1.165) is 48.4 Å². The van der Waals surface area contributed by atoms with Crippen molar-refractivity contribution in [2.75, 3.05) is 58.7 Å². The Morgan fingerprint density at radius 3 is 2.39 bits per heavy atom. The number of alkyl halides is 3. The number of hydrogen-bond donors (Lipinski definition) is 1. The second-order valence-electron chi connectivity index (χ2n) is 9.26. The van der Waals surface area contributed by atoms with Gasteiger partial charge in [-0.25, -0.2) is 18.4 Å².